The molecule has 2 aromatic rings. The molecule has 0 bridgehead atoms. The molecule has 0 amide bonds. The van der Waals surface area contributed by atoms with Crippen molar-refractivity contribution in [3.63, 3.8) is 0 Å². The summed E-state index contributed by atoms with van der Waals surface area (Å²) in [4.78, 5) is 4.04. The standard InChI is InChI=1S/C13H15F2N3O/c1-9-3-4-10(14)12(11(9)15)17-13-16-5-6-18(13)7-8-19-2/h3-6H,7-8H2,1-2H3,(H,16,17). The van der Waals surface area contributed by atoms with Crippen LogP contribution in [0.15, 0.2) is 24.5 Å². The van der Waals surface area contributed by atoms with Crippen molar-refractivity contribution in [2.24, 2.45) is 0 Å². The summed E-state index contributed by atoms with van der Waals surface area (Å²) in [6, 6.07) is 2.62. The average Bonchev–Trinajstić information content (AvgIpc) is 2.84. The van der Waals surface area contributed by atoms with Crippen LogP contribution in [0.4, 0.5) is 20.4 Å². The van der Waals surface area contributed by atoms with Gasteiger partial charge in [0.15, 0.2) is 5.82 Å². The Labute approximate surface area is 110 Å². The van der Waals surface area contributed by atoms with Gasteiger partial charge in [-0.15, -0.1) is 0 Å². The lowest BCUT2D eigenvalue weighted by molar-refractivity contribution is 0.188. The van der Waals surface area contributed by atoms with Crippen LogP contribution in [0, 0.1) is 18.6 Å². The molecular weight excluding hydrogens is 252 g/mol. The van der Waals surface area contributed by atoms with Crippen LogP contribution < -0.4 is 5.32 Å². The number of hydrogen-bond donors (Lipinski definition) is 1. The molecule has 0 fully saturated rings. The first kappa shape index (κ1) is 13.5. The van der Waals surface area contributed by atoms with Crippen LogP contribution in [-0.4, -0.2) is 23.3 Å². The SMILES string of the molecule is COCCn1ccnc1Nc1c(F)ccc(C)c1F. The first-order chi connectivity index (χ1) is 9.13. The molecule has 0 saturated carbocycles. The summed E-state index contributed by atoms with van der Waals surface area (Å²) in [6.45, 7) is 2.62. The summed E-state index contributed by atoms with van der Waals surface area (Å²) in [6.07, 6.45) is 3.27. The summed E-state index contributed by atoms with van der Waals surface area (Å²) in [7, 11) is 1.59. The Kier molecular flexibility index (Phi) is 4.11. The number of aryl methyl sites for hydroxylation is 1. The van der Waals surface area contributed by atoms with Crippen LogP contribution in [0.2, 0.25) is 0 Å². The third-order valence-electron chi connectivity index (χ3n) is 2.77. The van der Waals surface area contributed by atoms with Gasteiger partial charge >= 0.3 is 0 Å². The van der Waals surface area contributed by atoms with Crippen LogP contribution >= 0.6 is 0 Å². The fraction of sp³-hybridized carbons (Fsp3) is 0.308. The van der Waals surface area contributed by atoms with Crippen LogP contribution in [0.5, 0.6) is 0 Å². The average molecular weight is 267 g/mol. The van der Waals surface area contributed by atoms with E-state index in [-0.39, 0.29) is 5.69 Å². The van der Waals surface area contributed by atoms with Crippen molar-refractivity contribution in [3.05, 3.63) is 41.7 Å². The van der Waals surface area contributed by atoms with E-state index in [9.17, 15) is 8.78 Å². The van der Waals surface area contributed by atoms with Crippen molar-refractivity contribution in [1.29, 1.82) is 0 Å². The van der Waals surface area contributed by atoms with Crippen LogP contribution in [0.25, 0.3) is 0 Å². The summed E-state index contributed by atoms with van der Waals surface area (Å²) >= 11 is 0. The molecule has 1 N–H and O–H groups in total. The van der Waals surface area contributed by atoms with E-state index < -0.39 is 11.6 Å². The molecule has 1 aromatic heterocycles. The van der Waals surface area contributed by atoms with Crippen molar-refractivity contribution in [1.82, 2.24) is 9.55 Å². The Morgan fingerprint density at radius 3 is 2.89 bits per heavy atom. The fourth-order valence-corrected chi connectivity index (χ4v) is 1.69. The summed E-state index contributed by atoms with van der Waals surface area (Å²) in [5.74, 6) is -0.883. The van der Waals surface area contributed by atoms with Crippen molar-refractivity contribution >= 4 is 11.6 Å². The minimum Gasteiger partial charge on any atom is -0.383 e. The number of rotatable bonds is 5. The van der Waals surface area contributed by atoms with E-state index in [0.717, 1.165) is 0 Å². The molecule has 0 saturated heterocycles. The predicted octanol–water partition coefficient (Wildman–Crippen LogP) is 2.86. The lowest BCUT2D eigenvalue weighted by Gasteiger charge is -2.11. The van der Waals surface area contributed by atoms with Gasteiger partial charge in [-0.05, 0) is 18.6 Å². The molecule has 19 heavy (non-hydrogen) atoms. The maximum Gasteiger partial charge on any atom is 0.207 e. The minimum atomic E-state index is -0.649. The van der Waals surface area contributed by atoms with Gasteiger partial charge < -0.3 is 14.6 Å². The van der Waals surface area contributed by atoms with Gasteiger partial charge in [-0.3, -0.25) is 0 Å². The molecule has 1 heterocycles. The normalized spacial score (nSPS) is 10.7. The lowest BCUT2D eigenvalue weighted by Crippen LogP contribution is -2.09. The van der Waals surface area contributed by atoms with Gasteiger partial charge in [-0.2, -0.15) is 0 Å². The number of halogens is 2. The Hall–Kier alpha value is -1.95. The maximum atomic E-state index is 13.9. The number of imidazole rings is 1. The second-order valence-corrected chi connectivity index (χ2v) is 4.12. The summed E-state index contributed by atoms with van der Waals surface area (Å²) in [5, 5.41) is 2.69. The molecule has 6 heteroatoms. The van der Waals surface area contributed by atoms with E-state index >= 15 is 0 Å². The molecular formula is C13H15F2N3O. The van der Waals surface area contributed by atoms with E-state index in [1.54, 1.807) is 31.0 Å². The van der Waals surface area contributed by atoms with Gasteiger partial charge in [0.1, 0.15) is 11.5 Å². The van der Waals surface area contributed by atoms with Crippen LogP contribution in [0.1, 0.15) is 5.56 Å². The zero-order valence-corrected chi connectivity index (χ0v) is 10.8. The molecule has 102 valence electrons. The Balaban J connectivity index is 2.27. The van der Waals surface area contributed by atoms with Gasteiger partial charge in [-0.25, -0.2) is 13.8 Å². The first-order valence-electron chi connectivity index (χ1n) is 5.85. The number of benzene rings is 1. The highest BCUT2D eigenvalue weighted by Crippen LogP contribution is 2.24. The Bertz CT molecular complexity index is 569. The molecule has 0 aliphatic carbocycles. The summed E-state index contributed by atoms with van der Waals surface area (Å²) < 4.78 is 34.2. The van der Waals surface area contributed by atoms with Crippen molar-refractivity contribution in [2.45, 2.75) is 13.5 Å². The molecule has 2 rings (SSSR count). The Morgan fingerprint density at radius 1 is 1.37 bits per heavy atom. The number of hydrogen-bond acceptors (Lipinski definition) is 3. The van der Waals surface area contributed by atoms with E-state index in [1.807, 2.05) is 0 Å². The van der Waals surface area contributed by atoms with Gasteiger partial charge in [0, 0.05) is 26.0 Å². The third-order valence-corrected chi connectivity index (χ3v) is 2.77. The number of ether oxygens (including phenoxy) is 1. The molecule has 4 nitrogen and oxygen atoms in total. The maximum absolute atomic E-state index is 13.9. The first-order valence-corrected chi connectivity index (χ1v) is 5.85. The summed E-state index contributed by atoms with van der Waals surface area (Å²) in [5.41, 5.74) is 0.184. The quantitative estimate of drug-likeness (QED) is 0.905. The monoisotopic (exact) mass is 267 g/mol. The second kappa shape index (κ2) is 5.79. The molecule has 0 aliphatic heterocycles. The highest BCUT2D eigenvalue weighted by Gasteiger charge is 2.13. The van der Waals surface area contributed by atoms with E-state index in [2.05, 4.69) is 10.3 Å². The molecule has 0 unspecified atom stereocenters. The van der Waals surface area contributed by atoms with E-state index in [4.69, 9.17) is 4.74 Å². The van der Waals surface area contributed by atoms with Gasteiger partial charge in [-0.1, -0.05) is 6.07 Å². The highest BCUT2D eigenvalue weighted by molar-refractivity contribution is 5.57. The topological polar surface area (TPSA) is 39.1 Å². The van der Waals surface area contributed by atoms with Crippen molar-refractivity contribution in [2.75, 3.05) is 19.0 Å². The zero-order valence-electron chi connectivity index (χ0n) is 10.8. The highest BCUT2D eigenvalue weighted by atomic mass is 19.1. The van der Waals surface area contributed by atoms with Gasteiger partial charge in [0.05, 0.1) is 6.61 Å². The van der Waals surface area contributed by atoms with Crippen LogP contribution in [0.3, 0.4) is 0 Å². The third kappa shape index (κ3) is 2.90. The second-order valence-electron chi connectivity index (χ2n) is 4.12. The largest absolute Gasteiger partial charge is 0.383 e. The smallest absolute Gasteiger partial charge is 0.207 e. The van der Waals surface area contributed by atoms with E-state index in [0.29, 0.717) is 24.7 Å². The predicted molar refractivity (Wildman–Crippen MR) is 68.5 cm³/mol. The van der Waals surface area contributed by atoms with Gasteiger partial charge in [0.2, 0.25) is 5.95 Å². The molecule has 0 aliphatic rings. The van der Waals surface area contributed by atoms with Crippen LogP contribution in [-0.2, 0) is 11.3 Å². The van der Waals surface area contributed by atoms with E-state index in [1.165, 1.54) is 12.1 Å². The lowest BCUT2D eigenvalue weighted by atomic mass is 10.2. The van der Waals surface area contributed by atoms with Crippen molar-refractivity contribution in [3.8, 4) is 0 Å². The Morgan fingerprint density at radius 2 is 2.16 bits per heavy atom. The number of aromatic nitrogens is 2. The molecule has 0 atom stereocenters. The fourth-order valence-electron chi connectivity index (χ4n) is 1.69. The number of nitrogens with one attached hydrogen (secondary N) is 1. The molecule has 0 radical (unpaired) electrons. The molecule has 1 aromatic carbocycles. The zero-order chi connectivity index (χ0) is 13.8. The number of methoxy groups -OCH3 is 1. The number of anilines is 2. The number of nitrogens with zero attached hydrogens (tertiary/aromatic N) is 2. The minimum absolute atomic E-state index is 0.190. The molecule has 0 spiro atoms. The van der Waals surface area contributed by atoms with Gasteiger partial charge in [0.25, 0.3) is 0 Å². The van der Waals surface area contributed by atoms with Crippen molar-refractivity contribution < 1.29 is 13.5 Å².